The second-order valence-electron chi connectivity index (χ2n) is 5.36. The minimum atomic E-state index is 0.827. The van der Waals surface area contributed by atoms with Gasteiger partial charge < -0.3 is 5.32 Å². The summed E-state index contributed by atoms with van der Waals surface area (Å²) in [4.78, 5) is 4.87. The highest BCUT2D eigenvalue weighted by molar-refractivity contribution is 7.18. The van der Waals surface area contributed by atoms with Gasteiger partial charge in [-0.25, -0.2) is 4.98 Å². The highest BCUT2D eigenvalue weighted by Crippen LogP contribution is 2.29. The van der Waals surface area contributed by atoms with Gasteiger partial charge in [-0.15, -0.1) is 11.3 Å². The fourth-order valence-electron chi connectivity index (χ4n) is 2.69. The van der Waals surface area contributed by atoms with Crippen molar-refractivity contribution in [3.63, 3.8) is 0 Å². The maximum atomic E-state index is 4.87. The Morgan fingerprint density at radius 1 is 1.28 bits per heavy atom. The van der Waals surface area contributed by atoms with Crippen molar-refractivity contribution in [1.29, 1.82) is 0 Å². The molecule has 2 aromatic rings. The van der Waals surface area contributed by atoms with E-state index in [2.05, 4.69) is 31.3 Å². The van der Waals surface area contributed by atoms with Crippen LogP contribution < -0.4 is 5.32 Å². The molecule has 1 aromatic carbocycles. The van der Waals surface area contributed by atoms with Gasteiger partial charge in [-0.1, -0.05) is 6.07 Å². The molecule has 1 aliphatic heterocycles. The SMILES string of the molecule is Cc1ccc2sc(CC3CCNCC3)nc2c1C. The maximum Gasteiger partial charge on any atom is 0.0941 e. The first-order valence-corrected chi connectivity index (χ1v) is 7.62. The Balaban J connectivity index is 1.86. The molecule has 1 aromatic heterocycles. The number of fused-ring (bicyclic) bond motifs is 1. The normalized spacial score (nSPS) is 17.4. The molecule has 3 heteroatoms. The molecule has 2 nitrogen and oxygen atoms in total. The second-order valence-corrected chi connectivity index (χ2v) is 6.47. The van der Waals surface area contributed by atoms with Crippen molar-refractivity contribution in [3.8, 4) is 0 Å². The molecule has 1 saturated heterocycles. The van der Waals surface area contributed by atoms with Crippen LogP contribution in [0.2, 0.25) is 0 Å². The van der Waals surface area contributed by atoms with Gasteiger partial charge in [0.25, 0.3) is 0 Å². The first-order valence-electron chi connectivity index (χ1n) is 6.80. The van der Waals surface area contributed by atoms with Gasteiger partial charge in [0.1, 0.15) is 0 Å². The van der Waals surface area contributed by atoms with Crippen LogP contribution in [0.1, 0.15) is 29.0 Å². The average Bonchev–Trinajstić information content (AvgIpc) is 2.79. The van der Waals surface area contributed by atoms with Crippen molar-refractivity contribution in [2.24, 2.45) is 5.92 Å². The third-order valence-corrected chi connectivity index (χ3v) is 5.09. The van der Waals surface area contributed by atoms with Gasteiger partial charge in [-0.2, -0.15) is 0 Å². The average molecular weight is 260 g/mol. The van der Waals surface area contributed by atoms with Gasteiger partial charge in [-0.05, 0) is 62.9 Å². The van der Waals surface area contributed by atoms with Gasteiger partial charge in [-0.3, -0.25) is 0 Å². The van der Waals surface area contributed by atoms with Crippen LogP contribution >= 0.6 is 11.3 Å². The lowest BCUT2D eigenvalue weighted by Crippen LogP contribution is -2.28. The number of benzene rings is 1. The number of piperidine rings is 1. The zero-order chi connectivity index (χ0) is 12.5. The third kappa shape index (κ3) is 2.29. The van der Waals surface area contributed by atoms with Crippen LogP contribution in [0.15, 0.2) is 12.1 Å². The lowest BCUT2D eigenvalue weighted by Gasteiger charge is -2.21. The highest BCUT2D eigenvalue weighted by atomic mass is 32.1. The fraction of sp³-hybridized carbons (Fsp3) is 0.533. The molecule has 0 aliphatic carbocycles. The lowest BCUT2D eigenvalue weighted by molar-refractivity contribution is 0.372. The van der Waals surface area contributed by atoms with Crippen molar-refractivity contribution in [2.45, 2.75) is 33.1 Å². The predicted molar refractivity (Wildman–Crippen MR) is 78.4 cm³/mol. The quantitative estimate of drug-likeness (QED) is 0.894. The topological polar surface area (TPSA) is 24.9 Å². The molecule has 0 amide bonds. The van der Waals surface area contributed by atoms with Crippen LogP contribution in [0.25, 0.3) is 10.2 Å². The first kappa shape index (κ1) is 12.1. The lowest BCUT2D eigenvalue weighted by atomic mass is 9.95. The molecule has 0 saturated carbocycles. The summed E-state index contributed by atoms with van der Waals surface area (Å²) in [5, 5.41) is 4.75. The minimum Gasteiger partial charge on any atom is -0.317 e. The van der Waals surface area contributed by atoms with Crippen LogP contribution in [-0.4, -0.2) is 18.1 Å². The Hall–Kier alpha value is -0.930. The first-order chi connectivity index (χ1) is 8.74. The molecule has 3 rings (SSSR count). The summed E-state index contributed by atoms with van der Waals surface area (Å²) in [6.45, 7) is 6.70. The summed E-state index contributed by atoms with van der Waals surface area (Å²) in [5.41, 5.74) is 3.92. The molecule has 96 valence electrons. The number of aromatic nitrogens is 1. The molecular weight excluding hydrogens is 240 g/mol. The number of thiazole rings is 1. The maximum absolute atomic E-state index is 4.87. The Morgan fingerprint density at radius 3 is 2.83 bits per heavy atom. The van der Waals surface area contributed by atoms with Gasteiger partial charge in [0, 0.05) is 6.42 Å². The molecule has 18 heavy (non-hydrogen) atoms. The van der Waals surface area contributed by atoms with Gasteiger partial charge in [0.15, 0.2) is 0 Å². The van der Waals surface area contributed by atoms with Crippen molar-refractivity contribution < 1.29 is 0 Å². The molecule has 1 fully saturated rings. The van der Waals surface area contributed by atoms with Gasteiger partial charge in [0.05, 0.1) is 15.2 Å². The van der Waals surface area contributed by atoms with E-state index in [-0.39, 0.29) is 0 Å². The van der Waals surface area contributed by atoms with E-state index >= 15 is 0 Å². The molecule has 0 atom stereocenters. The van der Waals surface area contributed by atoms with Crippen LogP contribution in [0.4, 0.5) is 0 Å². The molecule has 2 heterocycles. The number of hydrogen-bond donors (Lipinski definition) is 1. The Labute approximate surface area is 112 Å². The van der Waals surface area contributed by atoms with Crippen molar-refractivity contribution in [3.05, 3.63) is 28.3 Å². The van der Waals surface area contributed by atoms with E-state index < -0.39 is 0 Å². The minimum absolute atomic E-state index is 0.827. The molecule has 0 radical (unpaired) electrons. The highest BCUT2D eigenvalue weighted by Gasteiger charge is 2.16. The Morgan fingerprint density at radius 2 is 2.06 bits per heavy atom. The van der Waals surface area contributed by atoms with E-state index in [1.807, 2.05) is 11.3 Å². The third-order valence-electron chi connectivity index (χ3n) is 4.05. The van der Waals surface area contributed by atoms with E-state index in [9.17, 15) is 0 Å². The number of rotatable bonds is 2. The summed E-state index contributed by atoms with van der Waals surface area (Å²) < 4.78 is 1.35. The van der Waals surface area contributed by atoms with Crippen LogP contribution in [0.3, 0.4) is 0 Å². The Kier molecular flexibility index (Phi) is 3.35. The second kappa shape index (κ2) is 4.98. The van der Waals surface area contributed by atoms with Crippen molar-refractivity contribution >= 4 is 21.6 Å². The molecule has 0 spiro atoms. The summed E-state index contributed by atoms with van der Waals surface area (Å²) in [6.07, 6.45) is 3.77. The summed E-state index contributed by atoms with van der Waals surface area (Å²) in [7, 11) is 0. The van der Waals surface area contributed by atoms with E-state index in [0.717, 1.165) is 5.92 Å². The summed E-state index contributed by atoms with van der Waals surface area (Å²) >= 11 is 1.88. The van der Waals surface area contributed by atoms with Crippen LogP contribution in [0.5, 0.6) is 0 Å². The molecule has 1 aliphatic rings. The van der Waals surface area contributed by atoms with Crippen molar-refractivity contribution in [1.82, 2.24) is 10.3 Å². The largest absolute Gasteiger partial charge is 0.317 e. The monoisotopic (exact) mass is 260 g/mol. The van der Waals surface area contributed by atoms with Crippen LogP contribution in [0, 0.1) is 19.8 Å². The van der Waals surface area contributed by atoms with Crippen molar-refractivity contribution in [2.75, 3.05) is 13.1 Å². The number of nitrogens with zero attached hydrogens (tertiary/aromatic N) is 1. The number of aryl methyl sites for hydroxylation is 2. The molecular formula is C15H20N2S. The summed E-state index contributed by atoms with van der Waals surface area (Å²) in [6, 6.07) is 4.44. The molecule has 0 bridgehead atoms. The summed E-state index contributed by atoms with van der Waals surface area (Å²) in [5.74, 6) is 0.827. The van der Waals surface area contributed by atoms with Crippen LogP contribution in [-0.2, 0) is 6.42 Å². The fourth-order valence-corrected chi connectivity index (χ4v) is 3.83. The van der Waals surface area contributed by atoms with E-state index in [1.165, 1.54) is 58.7 Å². The standard InChI is InChI=1S/C15H20N2S/c1-10-3-4-13-15(11(10)2)17-14(18-13)9-12-5-7-16-8-6-12/h3-4,12,16H,5-9H2,1-2H3. The molecule has 0 unspecified atom stereocenters. The predicted octanol–water partition coefficient (Wildman–Crippen LogP) is 3.46. The van der Waals surface area contributed by atoms with E-state index in [1.54, 1.807) is 0 Å². The van der Waals surface area contributed by atoms with Gasteiger partial charge >= 0.3 is 0 Å². The zero-order valence-electron chi connectivity index (χ0n) is 11.1. The Bertz CT molecular complexity index is 553. The smallest absolute Gasteiger partial charge is 0.0941 e. The number of hydrogen-bond acceptors (Lipinski definition) is 3. The van der Waals surface area contributed by atoms with Gasteiger partial charge in [0.2, 0.25) is 0 Å². The van der Waals surface area contributed by atoms with E-state index in [0.29, 0.717) is 0 Å². The zero-order valence-corrected chi connectivity index (χ0v) is 11.9. The number of nitrogens with one attached hydrogen (secondary N) is 1. The molecule has 1 N–H and O–H groups in total. The van der Waals surface area contributed by atoms with E-state index in [4.69, 9.17) is 4.98 Å².